The van der Waals surface area contributed by atoms with Gasteiger partial charge in [-0.15, -0.1) is 0 Å². The van der Waals surface area contributed by atoms with Gasteiger partial charge in [0.05, 0.1) is 6.26 Å². The number of hydrogen-bond donors (Lipinski definition) is 2. The molecule has 2 N–H and O–H groups in total. The molecular formula is C20H20ClN3O4. The Morgan fingerprint density at radius 1 is 1.25 bits per heavy atom. The lowest BCUT2D eigenvalue weighted by molar-refractivity contribution is -0.151. The van der Waals surface area contributed by atoms with Crippen molar-refractivity contribution >= 4 is 29.3 Å². The number of nitrogens with one attached hydrogen (secondary N) is 2. The summed E-state index contributed by atoms with van der Waals surface area (Å²) in [7, 11) is 0. The van der Waals surface area contributed by atoms with E-state index in [9.17, 15) is 14.4 Å². The summed E-state index contributed by atoms with van der Waals surface area (Å²) in [5.74, 6) is -0.355. The Balaban J connectivity index is 1.40. The van der Waals surface area contributed by atoms with Crippen molar-refractivity contribution in [3.05, 3.63) is 59.0 Å². The summed E-state index contributed by atoms with van der Waals surface area (Å²) in [5, 5.41) is 6.34. The Bertz CT molecular complexity index is 881. The average molecular weight is 402 g/mol. The average Bonchev–Trinajstić information content (AvgIpc) is 3.23. The first-order chi connectivity index (χ1) is 13.5. The third-order valence-electron chi connectivity index (χ3n) is 5.24. The fraction of sp³-hybridized carbons (Fsp3) is 0.350. The smallest absolute Gasteiger partial charge is 0.287 e. The standard InChI is InChI=1S/C20H20ClN3O4/c21-13-5-3-12(4-6-13)10-15-20(27)24-8-7-14(11-16(24)18(25)23-15)22-19(26)17-2-1-9-28-17/h1-6,9,14-16H,7-8,10-11H2,(H,22,26)(H,23,25)/t14-,15+,16-/m0/s1. The van der Waals surface area contributed by atoms with Gasteiger partial charge in [-0.05, 0) is 42.7 Å². The Morgan fingerprint density at radius 3 is 2.75 bits per heavy atom. The summed E-state index contributed by atoms with van der Waals surface area (Å²) in [6.45, 7) is 0.428. The van der Waals surface area contributed by atoms with Crippen LogP contribution in [0.4, 0.5) is 0 Å². The molecule has 28 heavy (non-hydrogen) atoms. The highest BCUT2D eigenvalue weighted by molar-refractivity contribution is 6.30. The van der Waals surface area contributed by atoms with Crippen LogP contribution in [-0.4, -0.2) is 47.3 Å². The lowest BCUT2D eigenvalue weighted by atomic mass is 9.91. The highest BCUT2D eigenvalue weighted by atomic mass is 35.5. The monoisotopic (exact) mass is 401 g/mol. The van der Waals surface area contributed by atoms with Gasteiger partial charge in [-0.3, -0.25) is 14.4 Å². The van der Waals surface area contributed by atoms with Crippen LogP contribution in [-0.2, 0) is 16.0 Å². The van der Waals surface area contributed by atoms with Gasteiger partial charge in [0.1, 0.15) is 12.1 Å². The first kappa shape index (κ1) is 18.6. The minimum absolute atomic E-state index is 0.0876. The normalized spacial score (nSPS) is 24.5. The van der Waals surface area contributed by atoms with E-state index in [0.717, 1.165) is 5.56 Å². The third-order valence-corrected chi connectivity index (χ3v) is 5.49. The second kappa shape index (κ2) is 7.67. The van der Waals surface area contributed by atoms with Gasteiger partial charge in [-0.2, -0.15) is 0 Å². The van der Waals surface area contributed by atoms with Crippen molar-refractivity contribution in [1.29, 1.82) is 0 Å². The zero-order valence-electron chi connectivity index (χ0n) is 15.1. The van der Waals surface area contributed by atoms with Gasteiger partial charge >= 0.3 is 0 Å². The number of piperidine rings is 1. The molecule has 0 radical (unpaired) electrons. The van der Waals surface area contributed by atoms with Crippen molar-refractivity contribution in [2.75, 3.05) is 6.54 Å². The number of carbonyl (C=O) groups is 3. The SMILES string of the molecule is O=C(N[C@H]1CCN2C(=O)[C@@H](Cc3ccc(Cl)cc3)NC(=O)[C@@H]2C1)c1ccco1. The molecule has 1 aromatic heterocycles. The van der Waals surface area contributed by atoms with Gasteiger partial charge in [-0.1, -0.05) is 23.7 Å². The van der Waals surface area contributed by atoms with Crippen LogP contribution >= 0.6 is 11.6 Å². The number of halogens is 1. The summed E-state index contributed by atoms with van der Waals surface area (Å²) in [4.78, 5) is 39.3. The maximum absolute atomic E-state index is 12.9. The summed E-state index contributed by atoms with van der Waals surface area (Å²) >= 11 is 5.90. The van der Waals surface area contributed by atoms with Crippen LogP contribution in [0.5, 0.6) is 0 Å². The lowest BCUT2D eigenvalue weighted by Crippen LogP contribution is -2.67. The van der Waals surface area contributed by atoms with Crippen molar-refractivity contribution in [3.8, 4) is 0 Å². The lowest BCUT2D eigenvalue weighted by Gasteiger charge is -2.44. The second-order valence-electron chi connectivity index (χ2n) is 7.11. The van der Waals surface area contributed by atoms with E-state index in [1.807, 2.05) is 12.1 Å². The largest absolute Gasteiger partial charge is 0.459 e. The van der Waals surface area contributed by atoms with Gasteiger partial charge in [-0.25, -0.2) is 0 Å². The summed E-state index contributed by atoms with van der Waals surface area (Å²) in [6, 6.07) is 9.13. The Morgan fingerprint density at radius 2 is 2.04 bits per heavy atom. The molecule has 2 aromatic rings. The van der Waals surface area contributed by atoms with Gasteiger partial charge < -0.3 is 20.0 Å². The Labute approximate surface area is 167 Å². The van der Waals surface area contributed by atoms with Gasteiger partial charge in [0.15, 0.2) is 5.76 Å². The van der Waals surface area contributed by atoms with Crippen molar-refractivity contribution in [2.45, 2.75) is 37.4 Å². The van der Waals surface area contributed by atoms with Gasteiger partial charge in [0, 0.05) is 24.0 Å². The molecule has 2 saturated heterocycles. The van der Waals surface area contributed by atoms with Crippen LogP contribution < -0.4 is 10.6 Å². The highest BCUT2D eigenvalue weighted by Gasteiger charge is 2.44. The van der Waals surface area contributed by atoms with Crippen LogP contribution in [0.1, 0.15) is 29.0 Å². The molecule has 8 heteroatoms. The van der Waals surface area contributed by atoms with E-state index in [-0.39, 0.29) is 29.5 Å². The summed E-state index contributed by atoms with van der Waals surface area (Å²) in [6.07, 6.45) is 2.84. The molecule has 4 rings (SSSR count). The van der Waals surface area contributed by atoms with E-state index in [1.165, 1.54) is 6.26 Å². The zero-order valence-corrected chi connectivity index (χ0v) is 15.8. The number of furan rings is 1. The molecule has 0 saturated carbocycles. The molecule has 2 aliphatic rings. The molecular weight excluding hydrogens is 382 g/mol. The fourth-order valence-corrected chi connectivity index (χ4v) is 3.92. The molecule has 3 heterocycles. The topological polar surface area (TPSA) is 91.7 Å². The first-order valence-corrected chi connectivity index (χ1v) is 9.59. The number of carbonyl (C=O) groups excluding carboxylic acids is 3. The van der Waals surface area contributed by atoms with Crippen molar-refractivity contribution < 1.29 is 18.8 Å². The molecule has 2 aliphatic heterocycles. The predicted molar refractivity (Wildman–Crippen MR) is 102 cm³/mol. The van der Waals surface area contributed by atoms with E-state index in [2.05, 4.69) is 10.6 Å². The molecule has 0 aliphatic carbocycles. The number of nitrogens with zero attached hydrogens (tertiary/aromatic N) is 1. The minimum atomic E-state index is -0.584. The van der Waals surface area contributed by atoms with Crippen molar-refractivity contribution in [2.24, 2.45) is 0 Å². The minimum Gasteiger partial charge on any atom is -0.459 e. The molecule has 0 bridgehead atoms. The number of amides is 3. The van der Waals surface area contributed by atoms with Gasteiger partial charge in [0.25, 0.3) is 5.91 Å². The molecule has 0 unspecified atom stereocenters. The van der Waals surface area contributed by atoms with E-state index in [0.29, 0.717) is 30.8 Å². The van der Waals surface area contributed by atoms with Crippen LogP contribution in [0.15, 0.2) is 47.1 Å². The van der Waals surface area contributed by atoms with Crippen molar-refractivity contribution in [3.63, 3.8) is 0 Å². The molecule has 1 aromatic carbocycles. The Kier molecular flexibility index (Phi) is 5.09. The number of hydrogen-bond acceptors (Lipinski definition) is 4. The summed E-state index contributed by atoms with van der Waals surface area (Å²) < 4.78 is 5.10. The number of rotatable bonds is 4. The van der Waals surface area contributed by atoms with E-state index in [4.69, 9.17) is 16.0 Å². The Hall–Kier alpha value is -2.80. The van der Waals surface area contributed by atoms with Crippen LogP contribution in [0.25, 0.3) is 0 Å². The van der Waals surface area contributed by atoms with Crippen molar-refractivity contribution in [1.82, 2.24) is 15.5 Å². The zero-order chi connectivity index (χ0) is 19.7. The molecule has 0 spiro atoms. The third kappa shape index (κ3) is 3.75. The molecule has 146 valence electrons. The summed E-state index contributed by atoms with van der Waals surface area (Å²) in [5.41, 5.74) is 0.932. The predicted octanol–water partition coefficient (Wildman–Crippen LogP) is 1.76. The second-order valence-corrected chi connectivity index (χ2v) is 7.55. The molecule has 7 nitrogen and oxygen atoms in total. The maximum atomic E-state index is 12.9. The number of piperazine rings is 1. The number of benzene rings is 1. The quantitative estimate of drug-likeness (QED) is 0.816. The molecule has 2 fully saturated rings. The van der Waals surface area contributed by atoms with Crippen LogP contribution in [0.3, 0.4) is 0 Å². The van der Waals surface area contributed by atoms with E-state index in [1.54, 1.807) is 29.2 Å². The first-order valence-electron chi connectivity index (χ1n) is 9.21. The van der Waals surface area contributed by atoms with E-state index < -0.39 is 12.1 Å². The van der Waals surface area contributed by atoms with Gasteiger partial charge in [0.2, 0.25) is 11.8 Å². The fourth-order valence-electron chi connectivity index (χ4n) is 3.80. The van der Waals surface area contributed by atoms with Crippen LogP contribution in [0, 0.1) is 0 Å². The number of fused-ring (bicyclic) bond motifs is 1. The van der Waals surface area contributed by atoms with E-state index >= 15 is 0 Å². The molecule has 3 amide bonds. The van der Waals surface area contributed by atoms with Crippen LogP contribution in [0.2, 0.25) is 5.02 Å². The highest BCUT2D eigenvalue weighted by Crippen LogP contribution is 2.24. The maximum Gasteiger partial charge on any atom is 0.287 e. The molecule has 3 atom stereocenters.